The number of carbonyl (C=O) groups is 1. The highest BCUT2D eigenvalue weighted by atomic mass is 16.5. The topological polar surface area (TPSA) is 29.5 Å². The van der Waals surface area contributed by atoms with Gasteiger partial charge in [-0.15, -0.1) is 0 Å². The standard InChI is InChI=1S/C10H17NO2/c1-11(2)8-5-4-7-6-10(7,8)9(12)13-3/h7-8H,4-6H2,1-3H3/t7-,8?,10-/m0/s1. The fourth-order valence-corrected chi connectivity index (χ4v) is 3.03. The van der Waals surface area contributed by atoms with Gasteiger partial charge in [0.05, 0.1) is 12.5 Å². The van der Waals surface area contributed by atoms with Crippen molar-refractivity contribution >= 4 is 5.97 Å². The van der Waals surface area contributed by atoms with Crippen molar-refractivity contribution < 1.29 is 9.53 Å². The molecule has 0 radical (unpaired) electrons. The first-order valence-electron chi connectivity index (χ1n) is 4.87. The van der Waals surface area contributed by atoms with Crippen LogP contribution >= 0.6 is 0 Å². The molecule has 0 aromatic heterocycles. The van der Waals surface area contributed by atoms with E-state index in [1.807, 2.05) is 0 Å². The number of carbonyl (C=O) groups excluding carboxylic acids is 1. The lowest BCUT2D eigenvalue weighted by Gasteiger charge is -2.27. The maximum atomic E-state index is 11.6. The number of fused-ring (bicyclic) bond motifs is 1. The monoisotopic (exact) mass is 183 g/mol. The fourth-order valence-electron chi connectivity index (χ4n) is 3.03. The highest BCUT2D eigenvalue weighted by Crippen LogP contribution is 2.65. The molecule has 0 heterocycles. The van der Waals surface area contributed by atoms with E-state index in [2.05, 4.69) is 19.0 Å². The Balaban J connectivity index is 2.18. The Bertz CT molecular complexity index is 239. The molecule has 13 heavy (non-hydrogen) atoms. The molecular weight excluding hydrogens is 166 g/mol. The molecule has 1 unspecified atom stereocenters. The van der Waals surface area contributed by atoms with Crippen LogP contribution < -0.4 is 0 Å². The molecule has 0 saturated heterocycles. The lowest BCUT2D eigenvalue weighted by atomic mass is 9.97. The van der Waals surface area contributed by atoms with Crippen molar-refractivity contribution in [3.63, 3.8) is 0 Å². The van der Waals surface area contributed by atoms with Crippen molar-refractivity contribution in [2.45, 2.75) is 25.3 Å². The molecule has 2 fully saturated rings. The SMILES string of the molecule is COC(=O)[C@@]12C[C@@H]1CCC2N(C)C. The molecule has 0 spiro atoms. The number of methoxy groups -OCH3 is 1. The van der Waals surface area contributed by atoms with Crippen LogP contribution in [0.15, 0.2) is 0 Å². The second-order valence-electron chi connectivity index (χ2n) is 4.49. The first-order chi connectivity index (χ1) is 6.13. The Hall–Kier alpha value is -0.570. The Morgan fingerprint density at radius 3 is 2.62 bits per heavy atom. The zero-order chi connectivity index (χ0) is 9.64. The largest absolute Gasteiger partial charge is 0.469 e. The second kappa shape index (κ2) is 2.71. The van der Waals surface area contributed by atoms with Crippen LogP contribution in [-0.2, 0) is 9.53 Å². The second-order valence-corrected chi connectivity index (χ2v) is 4.49. The molecule has 2 saturated carbocycles. The maximum Gasteiger partial charge on any atom is 0.313 e. The van der Waals surface area contributed by atoms with E-state index in [0.29, 0.717) is 12.0 Å². The first kappa shape index (κ1) is 9.00. The summed E-state index contributed by atoms with van der Waals surface area (Å²) in [5, 5.41) is 0. The van der Waals surface area contributed by atoms with Crippen LogP contribution in [0.25, 0.3) is 0 Å². The predicted octanol–water partition coefficient (Wildman–Crippen LogP) is 0.890. The van der Waals surface area contributed by atoms with Gasteiger partial charge in [-0.2, -0.15) is 0 Å². The number of hydrogen-bond acceptors (Lipinski definition) is 3. The van der Waals surface area contributed by atoms with Crippen molar-refractivity contribution in [2.75, 3.05) is 21.2 Å². The number of hydrogen-bond donors (Lipinski definition) is 0. The summed E-state index contributed by atoms with van der Waals surface area (Å²) < 4.78 is 4.89. The van der Waals surface area contributed by atoms with Gasteiger partial charge in [0.15, 0.2) is 0 Å². The van der Waals surface area contributed by atoms with E-state index in [9.17, 15) is 4.79 Å². The molecule has 2 aliphatic rings. The molecule has 2 rings (SSSR count). The maximum absolute atomic E-state index is 11.6. The predicted molar refractivity (Wildman–Crippen MR) is 49.3 cm³/mol. The highest BCUT2D eigenvalue weighted by Gasteiger charge is 2.69. The Labute approximate surface area is 79.0 Å². The van der Waals surface area contributed by atoms with Gasteiger partial charge in [-0.3, -0.25) is 4.79 Å². The van der Waals surface area contributed by atoms with Crippen molar-refractivity contribution in [3.05, 3.63) is 0 Å². The number of nitrogens with zero attached hydrogens (tertiary/aromatic N) is 1. The smallest absolute Gasteiger partial charge is 0.313 e. The molecule has 2 aliphatic carbocycles. The van der Waals surface area contributed by atoms with Crippen LogP contribution in [0.2, 0.25) is 0 Å². The van der Waals surface area contributed by atoms with E-state index >= 15 is 0 Å². The van der Waals surface area contributed by atoms with Gasteiger partial charge < -0.3 is 9.64 Å². The van der Waals surface area contributed by atoms with Crippen molar-refractivity contribution in [1.29, 1.82) is 0 Å². The number of ether oxygens (including phenoxy) is 1. The average Bonchev–Trinajstić information content (AvgIpc) is 2.71. The average molecular weight is 183 g/mol. The number of rotatable bonds is 2. The van der Waals surface area contributed by atoms with Crippen molar-refractivity contribution in [3.8, 4) is 0 Å². The van der Waals surface area contributed by atoms with E-state index < -0.39 is 0 Å². The molecule has 74 valence electrons. The van der Waals surface area contributed by atoms with Gasteiger partial charge in [0.1, 0.15) is 0 Å². The van der Waals surface area contributed by atoms with E-state index in [1.54, 1.807) is 0 Å². The van der Waals surface area contributed by atoms with Crippen LogP contribution in [0.1, 0.15) is 19.3 Å². The summed E-state index contributed by atoms with van der Waals surface area (Å²) >= 11 is 0. The first-order valence-corrected chi connectivity index (χ1v) is 4.87. The van der Waals surface area contributed by atoms with E-state index in [4.69, 9.17) is 4.74 Å². The van der Waals surface area contributed by atoms with Gasteiger partial charge in [-0.25, -0.2) is 0 Å². The Kier molecular flexibility index (Phi) is 1.88. The van der Waals surface area contributed by atoms with Gasteiger partial charge in [0.2, 0.25) is 0 Å². The third-order valence-corrected chi connectivity index (χ3v) is 3.72. The molecule has 0 N–H and O–H groups in total. The Morgan fingerprint density at radius 1 is 1.46 bits per heavy atom. The zero-order valence-corrected chi connectivity index (χ0v) is 8.54. The summed E-state index contributed by atoms with van der Waals surface area (Å²) in [6.45, 7) is 0. The summed E-state index contributed by atoms with van der Waals surface area (Å²) in [5.74, 6) is 0.612. The molecule has 3 atom stereocenters. The van der Waals surface area contributed by atoms with Gasteiger partial charge in [-0.05, 0) is 39.3 Å². The normalized spacial score (nSPS) is 41.8. The van der Waals surface area contributed by atoms with Gasteiger partial charge >= 0.3 is 5.97 Å². The highest BCUT2D eigenvalue weighted by molar-refractivity contribution is 5.82. The summed E-state index contributed by atoms with van der Waals surface area (Å²) in [4.78, 5) is 13.8. The fraction of sp³-hybridized carbons (Fsp3) is 0.900. The minimum absolute atomic E-state index is 0.00806. The Morgan fingerprint density at radius 2 is 2.15 bits per heavy atom. The van der Waals surface area contributed by atoms with E-state index in [-0.39, 0.29) is 11.4 Å². The van der Waals surface area contributed by atoms with E-state index in [1.165, 1.54) is 13.5 Å². The lowest BCUT2D eigenvalue weighted by Crippen LogP contribution is -2.39. The summed E-state index contributed by atoms with van der Waals surface area (Å²) in [6, 6.07) is 0.407. The van der Waals surface area contributed by atoms with Crippen LogP contribution in [0.3, 0.4) is 0 Å². The molecule has 0 aromatic rings. The summed E-state index contributed by atoms with van der Waals surface area (Å²) in [6.07, 6.45) is 3.38. The molecule has 0 aliphatic heterocycles. The van der Waals surface area contributed by atoms with Crippen LogP contribution in [0.5, 0.6) is 0 Å². The molecular formula is C10H17NO2. The van der Waals surface area contributed by atoms with Gasteiger partial charge in [-0.1, -0.05) is 0 Å². The lowest BCUT2D eigenvalue weighted by molar-refractivity contribution is -0.149. The third-order valence-electron chi connectivity index (χ3n) is 3.72. The molecule has 3 heteroatoms. The van der Waals surface area contributed by atoms with Gasteiger partial charge in [0.25, 0.3) is 0 Å². The molecule has 0 amide bonds. The van der Waals surface area contributed by atoms with Crippen LogP contribution in [0.4, 0.5) is 0 Å². The zero-order valence-electron chi connectivity index (χ0n) is 8.54. The molecule has 0 bridgehead atoms. The van der Waals surface area contributed by atoms with Crippen LogP contribution in [0, 0.1) is 11.3 Å². The minimum atomic E-state index is -0.127. The molecule has 0 aromatic carbocycles. The molecule has 3 nitrogen and oxygen atoms in total. The van der Waals surface area contributed by atoms with Crippen LogP contribution in [-0.4, -0.2) is 38.1 Å². The minimum Gasteiger partial charge on any atom is -0.469 e. The van der Waals surface area contributed by atoms with Crippen molar-refractivity contribution in [1.82, 2.24) is 4.90 Å². The summed E-state index contributed by atoms with van der Waals surface area (Å²) in [5.41, 5.74) is -0.127. The summed E-state index contributed by atoms with van der Waals surface area (Å²) in [7, 11) is 5.60. The van der Waals surface area contributed by atoms with Crippen molar-refractivity contribution in [2.24, 2.45) is 11.3 Å². The quantitative estimate of drug-likeness (QED) is 0.595. The third kappa shape index (κ3) is 1.03. The van der Waals surface area contributed by atoms with Gasteiger partial charge in [0, 0.05) is 6.04 Å². The van der Waals surface area contributed by atoms with E-state index in [0.717, 1.165) is 12.8 Å². The number of esters is 1.